The van der Waals surface area contributed by atoms with E-state index in [1.165, 1.54) is 53.2 Å². The van der Waals surface area contributed by atoms with Crippen molar-refractivity contribution < 1.29 is 4.42 Å². The first kappa shape index (κ1) is 31.6. The molecule has 3 heteroatoms. The third-order valence-electron chi connectivity index (χ3n) is 10.9. The van der Waals surface area contributed by atoms with Crippen molar-refractivity contribution in [1.29, 1.82) is 0 Å². The lowest BCUT2D eigenvalue weighted by atomic mass is 9.95. The number of benzene rings is 9. The Kier molecular flexibility index (Phi) is 7.39. The SMILES string of the molecule is c1ccc(-c2ccc(N(c3ccc(-c4cccc5c4sc4ccccc45)cc3)c3ccc4oc5c(-c6ccccc6)c6ccccc6cc5c4c3)cc2)cc1. The van der Waals surface area contributed by atoms with E-state index in [0.29, 0.717) is 0 Å². The monoisotopic (exact) mass is 719 g/mol. The van der Waals surface area contributed by atoms with Crippen LogP contribution in [0.15, 0.2) is 205 Å². The fourth-order valence-electron chi connectivity index (χ4n) is 8.24. The maximum Gasteiger partial charge on any atom is 0.143 e. The van der Waals surface area contributed by atoms with Crippen molar-refractivity contribution in [3.05, 3.63) is 200 Å². The molecule has 0 atom stereocenters. The molecule has 0 bridgehead atoms. The van der Waals surface area contributed by atoms with E-state index in [1.807, 2.05) is 11.3 Å². The van der Waals surface area contributed by atoms with Crippen LogP contribution in [-0.2, 0) is 0 Å². The van der Waals surface area contributed by atoms with Gasteiger partial charge in [0.1, 0.15) is 11.2 Å². The summed E-state index contributed by atoms with van der Waals surface area (Å²) >= 11 is 1.87. The molecule has 0 amide bonds. The van der Waals surface area contributed by atoms with E-state index in [2.05, 4.69) is 205 Å². The number of hydrogen-bond donors (Lipinski definition) is 0. The van der Waals surface area contributed by atoms with Gasteiger partial charge in [-0.3, -0.25) is 0 Å². The predicted molar refractivity (Wildman–Crippen MR) is 235 cm³/mol. The molecule has 0 spiro atoms. The second-order valence-electron chi connectivity index (χ2n) is 14.1. The van der Waals surface area contributed by atoms with Crippen molar-refractivity contribution in [1.82, 2.24) is 0 Å². The van der Waals surface area contributed by atoms with Crippen molar-refractivity contribution in [2.45, 2.75) is 0 Å². The van der Waals surface area contributed by atoms with E-state index < -0.39 is 0 Å². The quantitative estimate of drug-likeness (QED) is 0.170. The average Bonchev–Trinajstić information content (AvgIpc) is 3.82. The summed E-state index contributed by atoms with van der Waals surface area (Å²) in [5, 5.41) is 7.21. The van der Waals surface area contributed by atoms with Gasteiger partial charge in [0.05, 0.1) is 0 Å². The van der Waals surface area contributed by atoms with Crippen LogP contribution in [0.2, 0.25) is 0 Å². The van der Waals surface area contributed by atoms with Gasteiger partial charge in [-0.1, -0.05) is 146 Å². The number of furan rings is 1. The lowest BCUT2D eigenvalue weighted by Crippen LogP contribution is -2.09. The molecule has 0 unspecified atom stereocenters. The first-order chi connectivity index (χ1) is 27.3. The van der Waals surface area contributed by atoms with Gasteiger partial charge in [0.2, 0.25) is 0 Å². The van der Waals surface area contributed by atoms with E-state index in [9.17, 15) is 0 Å². The third kappa shape index (κ3) is 5.32. The van der Waals surface area contributed by atoms with Crippen LogP contribution in [0, 0.1) is 0 Å². The molecule has 55 heavy (non-hydrogen) atoms. The topological polar surface area (TPSA) is 16.4 Å². The van der Waals surface area contributed by atoms with Gasteiger partial charge in [-0.2, -0.15) is 0 Å². The first-order valence-electron chi connectivity index (χ1n) is 18.7. The molecule has 0 aliphatic rings. The van der Waals surface area contributed by atoms with Crippen LogP contribution in [0.3, 0.4) is 0 Å². The van der Waals surface area contributed by atoms with Crippen LogP contribution in [0.25, 0.3) is 86.3 Å². The summed E-state index contributed by atoms with van der Waals surface area (Å²) in [6.45, 7) is 0. The van der Waals surface area contributed by atoms with Crippen molar-refractivity contribution in [3.63, 3.8) is 0 Å². The minimum Gasteiger partial charge on any atom is -0.455 e. The highest BCUT2D eigenvalue weighted by Crippen LogP contribution is 2.45. The molecule has 2 heterocycles. The Morgan fingerprint density at radius 2 is 0.982 bits per heavy atom. The van der Waals surface area contributed by atoms with E-state index in [-0.39, 0.29) is 0 Å². The normalized spacial score (nSPS) is 11.6. The Morgan fingerprint density at radius 1 is 0.382 bits per heavy atom. The summed E-state index contributed by atoms with van der Waals surface area (Å²) < 4.78 is 9.40. The number of fused-ring (bicyclic) bond motifs is 7. The second kappa shape index (κ2) is 12.9. The van der Waals surface area contributed by atoms with Gasteiger partial charge in [0, 0.05) is 53.6 Å². The molecule has 0 saturated heterocycles. The molecule has 9 aromatic carbocycles. The number of thiophene rings is 1. The van der Waals surface area contributed by atoms with Crippen molar-refractivity contribution in [2.24, 2.45) is 0 Å². The van der Waals surface area contributed by atoms with Crippen LogP contribution < -0.4 is 4.90 Å². The van der Waals surface area contributed by atoms with Gasteiger partial charge in [0.25, 0.3) is 0 Å². The highest BCUT2D eigenvalue weighted by Gasteiger charge is 2.20. The number of nitrogens with zero attached hydrogens (tertiary/aromatic N) is 1. The summed E-state index contributed by atoms with van der Waals surface area (Å²) in [6.07, 6.45) is 0. The lowest BCUT2D eigenvalue weighted by Gasteiger charge is -2.26. The summed E-state index contributed by atoms with van der Waals surface area (Å²) in [7, 11) is 0. The molecule has 11 rings (SSSR count). The van der Waals surface area contributed by atoms with Crippen LogP contribution in [-0.4, -0.2) is 0 Å². The summed E-state index contributed by atoms with van der Waals surface area (Å²) in [6, 6.07) is 72.0. The first-order valence-corrected chi connectivity index (χ1v) is 19.5. The molecule has 0 aliphatic carbocycles. The lowest BCUT2D eigenvalue weighted by molar-refractivity contribution is 0.670. The van der Waals surface area contributed by atoms with Gasteiger partial charge >= 0.3 is 0 Å². The molecule has 0 saturated carbocycles. The Bertz CT molecular complexity index is 3180. The Balaban J connectivity index is 1.08. The molecule has 0 aliphatic heterocycles. The fraction of sp³-hybridized carbons (Fsp3) is 0. The molecule has 2 nitrogen and oxygen atoms in total. The second-order valence-corrected chi connectivity index (χ2v) is 15.1. The van der Waals surface area contributed by atoms with Crippen LogP contribution in [0.1, 0.15) is 0 Å². The minimum atomic E-state index is 0.873. The van der Waals surface area contributed by atoms with Gasteiger partial charge in [0.15, 0.2) is 0 Å². The fourth-order valence-corrected chi connectivity index (χ4v) is 9.48. The van der Waals surface area contributed by atoms with Crippen molar-refractivity contribution in [2.75, 3.05) is 4.90 Å². The Morgan fingerprint density at radius 3 is 1.75 bits per heavy atom. The summed E-state index contributed by atoms with van der Waals surface area (Å²) in [4.78, 5) is 2.36. The third-order valence-corrected chi connectivity index (χ3v) is 12.1. The maximum atomic E-state index is 6.76. The van der Waals surface area contributed by atoms with E-state index in [1.54, 1.807) is 0 Å². The largest absolute Gasteiger partial charge is 0.455 e. The standard InChI is InChI=1S/C52H33NOS/c1-3-12-34(13-4-1)35-22-26-39(27-23-35)53(40-28-24-36(25-29-40)43-19-11-20-45-44-18-9-10-21-49(44)55-52(43)45)41-30-31-48-46(33-41)47-32-38-16-7-8-17-42(38)50(51(47)54-48)37-14-5-2-6-15-37/h1-33H. The zero-order valence-electron chi connectivity index (χ0n) is 29.8. The predicted octanol–water partition coefficient (Wildman–Crippen LogP) is 15.6. The zero-order chi connectivity index (χ0) is 36.3. The van der Waals surface area contributed by atoms with Crippen LogP contribution >= 0.6 is 11.3 Å². The molecule has 258 valence electrons. The van der Waals surface area contributed by atoms with Gasteiger partial charge in [-0.25, -0.2) is 0 Å². The van der Waals surface area contributed by atoms with E-state index >= 15 is 0 Å². The maximum absolute atomic E-state index is 6.76. The molecule has 11 aromatic rings. The Labute approximate surface area is 322 Å². The van der Waals surface area contributed by atoms with Gasteiger partial charge < -0.3 is 9.32 Å². The van der Waals surface area contributed by atoms with Gasteiger partial charge in [-0.15, -0.1) is 11.3 Å². The van der Waals surface area contributed by atoms with Gasteiger partial charge in [-0.05, 0) is 93.2 Å². The number of hydrogen-bond acceptors (Lipinski definition) is 3. The highest BCUT2D eigenvalue weighted by molar-refractivity contribution is 7.26. The van der Waals surface area contributed by atoms with Crippen LogP contribution in [0.5, 0.6) is 0 Å². The molecular weight excluding hydrogens is 687 g/mol. The van der Waals surface area contributed by atoms with Crippen molar-refractivity contribution >= 4 is 81.3 Å². The molecule has 2 aromatic heterocycles. The molecular formula is C52H33NOS. The molecule has 0 N–H and O–H groups in total. The van der Waals surface area contributed by atoms with E-state index in [4.69, 9.17) is 4.42 Å². The smallest absolute Gasteiger partial charge is 0.143 e. The highest BCUT2D eigenvalue weighted by atomic mass is 32.1. The zero-order valence-corrected chi connectivity index (χ0v) is 30.6. The molecule has 0 radical (unpaired) electrons. The van der Waals surface area contributed by atoms with E-state index in [0.717, 1.165) is 50.1 Å². The van der Waals surface area contributed by atoms with Crippen molar-refractivity contribution in [3.8, 4) is 33.4 Å². The summed E-state index contributed by atoms with van der Waals surface area (Å²) in [5.74, 6) is 0. The minimum absolute atomic E-state index is 0.873. The van der Waals surface area contributed by atoms with Crippen LogP contribution in [0.4, 0.5) is 17.1 Å². The summed E-state index contributed by atoms with van der Waals surface area (Å²) in [5.41, 5.74) is 12.2. The Hall–Kier alpha value is -6.94. The number of rotatable bonds is 6. The molecule has 0 fully saturated rings. The average molecular weight is 720 g/mol. The number of anilines is 3.